The van der Waals surface area contributed by atoms with Crippen molar-refractivity contribution in [2.45, 2.75) is 13.8 Å². The van der Waals surface area contributed by atoms with Crippen LogP contribution < -0.4 is 4.90 Å². The zero-order valence-corrected chi connectivity index (χ0v) is 20.6. The Hall–Kier alpha value is -3.24. The minimum absolute atomic E-state index is 0.0726. The van der Waals surface area contributed by atoms with Crippen LogP contribution in [0.2, 0.25) is 0 Å². The van der Waals surface area contributed by atoms with Gasteiger partial charge in [-0.05, 0) is 64.2 Å². The van der Waals surface area contributed by atoms with Gasteiger partial charge in [-0.1, -0.05) is 83.9 Å². The summed E-state index contributed by atoms with van der Waals surface area (Å²) in [5.74, 6) is -1.04. The van der Waals surface area contributed by atoms with E-state index in [0.717, 1.165) is 21.2 Å². The van der Waals surface area contributed by atoms with Gasteiger partial charge in [-0.2, -0.15) is 0 Å². The summed E-state index contributed by atoms with van der Waals surface area (Å²) < 4.78 is 0.757. The molecular formula is C30H24BrNO2. The van der Waals surface area contributed by atoms with E-state index in [1.165, 1.54) is 21.6 Å². The van der Waals surface area contributed by atoms with Crippen LogP contribution in [0.3, 0.4) is 0 Å². The second-order valence-electron chi connectivity index (χ2n) is 9.51. The Morgan fingerprint density at radius 2 is 1.18 bits per heavy atom. The molecule has 3 nitrogen and oxygen atoms in total. The number of anilines is 1. The molecule has 1 saturated heterocycles. The molecule has 1 saturated carbocycles. The monoisotopic (exact) mass is 509 g/mol. The number of amides is 2. The summed E-state index contributed by atoms with van der Waals surface area (Å²) in [5.41, 5.74) is 7.66. The summed E-state index contributed by atoms with van der Waals surface area (Å²) >= 11 is 3.52. The number of allylic oxidation sites excluding steroid dienone is 3. The van der Waals surface area contributed by atoms with E-state index in [4.69, 9.17) is 0 Å². The fourth-order valence-corrected chi connectivity index (χ4v) is 6.37. The fourth-order valence-electron chi connectivity index (χ4n) is 5.91. The number of hydrogen-bond donors (Lipinski definition) is 0. The van der Waals surface area contributed by atoms with Gasteiger partial charge in [-0.25, -0.2) is 4.90 Å². The highest BCUT2D eigenvalue weighted by Crippen LogP contribution is 2.59. The first kappa shape index (κ1) is 21.3. The Morgan fingerprint density at radius 3 is 1.65 bits per heavy atom. The van der Waals surface area contributed by atoms with Gasteiger partial charge in [-0.15, -0.1) is 0 Å². The zero-order valence-electron chi connectivity index (χ0n) is 19.0. The quantitative estimate of drug-likeness (QED) is 0.299. The molecule has 3 aliphatic rings. The van der Waals surface area contributed by atoms with Crippen molar-refractivity contribution >= 4 is 39.0 Å². The maximum absolute atomic E-state index is 13.7. The lowest BCUT2D eigenvalue weighted by Crippen LogP contribution is -2.33. The van der Waals surface area contributed by atoms with Crippen molar-refractivity contribution in [1.82, 2.24) is 0 Å². The van der Waals surface area contributed by atoms with Crippen LogP contribution in [-0.4, -0.2) is 11.8 Å². The SMILES string of the molecule is Cc1ccc(C(=C2[C@H]3C=C[C@H]2[C@@H]2C(=O)N(c4ccccc4Br)C(=O)[C@H]23)c2ccc(C)cc2)cc1. The van der Waals surface area contributed by atoms with Crippen molar-refractivity contribution in [1.29, 1.82) is 0 Å². The Bertz CT molecular complexity index is 1300. The average Bonchev–Trinajstić information content (AvgIpc) is 3.46. The lowest BCUT2D eigenvalue weighted by atomic mass is 9.85. The second kappa shape index (κ2) is 7.92. The minimum Gasteiger partial charge on any atom is -0.274 e. The van der Waals surface area contributed by atoms with Crippen LogP contribution in [0.5, 0.6) is 0 Å². The Morgan fingerprint density at radius 1 is 0.706 bits per heavy atom. The number of carbonyl (C=O) groups excluding carboxylic acids is 2. The number of imide groups is 1. The molecule has 1 aliphatic heterocycles. The summed E-state index contributed by atoms with van der Waals surface area (Å²) in [6.45, 7) is 4.17. The van der Waals surface area contributed by atoms with Gasteiger partial charge < -0.3 is 0 Å². The number of fused-ring (bicyclic) bond motifs is 5. The summed E-state index contributed by atoms with van der Waals surface area (Å²) in [4.78, 5) is 28.8. The molecule has 2 bridgehead atoms. The Balaban J connectivity index is 1.50. The van der Waals surface area contributed by atoms with Crippen molar-refractivity contribution in [2.24, 2.45) is 23.7 Å². The largest absolute Gasteiger partial charge is 0.274 e. The molecule has 6 rings (SSSR count). The number of hydrogen-bond acceptors (Lipinski definition) is 2. The molecule has 4 atom stereocenters. The number of para-hydroxylation sites is 1. The highest BCUT2D eigenvalue weighted by atomic mass is 79.9. The van der Waals surface area contributed by atoms with Crippen LogP contribution in [0, 0.1) is 37.5 Å². The Kier molecular flexibility index (Phi) is 4.96. The predicted octanol–water partition coefficient (Wildman–Crippen LogP) is 6.49. The van der Waals surface area contributed by atoms with E-state index in [2.05, 4.69) is 90.5 Å². The fraction of sp³-hybridized carbons (Fsp3) is 0.200. The van der Waals surface area contributed by atoms with Crippen molar-refractivity contribution in [3.63, 3.8) is 0 Å². The number of halogens is 1. The highest BCUT2D eigenvalue weighted by Gasteiger charge is 2.62. The van der Waals surface area contributed by atoms with Gasteiger partial charge in [0.2, 0.25) is 11.8 Å². The smallest absolute Gasteiger partial charge is 0.238 e. The maximum atomic E-state index is 13.7. The summed E-state index contributed by atoms with van der Waals surface area (Å²) in [5, 5.41) is 0. The molecule has 2 amide bonds. The summed E-state index contributed by atoms with van der Waals surface area (Å²) in [6.07, 6.45) is 4.30. The van der Waals surface area contributed by atoms with Crippen LogP contribution in [0.1, 0.15) is 22.3 Å². The Labute approximate surface area is 207 Å². The summed E-state index contributed by atoms with van der Waals surface area (Å²) in [6, 6.07) is 24.6. The van der Waals surface area contributed by atoms with Crippen molar-refractivity contribution < 1.29 is 9.59 Å². The van der Waals surface area contributed by atoms with E-state index >= 15 is 0 Å². The molecule has 0 radical (unpaired) electrons. The van der Waals surface area contributed by atoms with Crippen LogP contribution in [0.4, 0.5) is 5.69 Å². The lowest BCUT2D eigenvalue weighted by molar-refractivity contribution is -0.122. The van der Waals surface area contributed by atoms with Gasteiger partial charge in [-0.3, -0.25) is 9.59 Å². The topological polar surface area (TPSA) is 37.4 Å². The third-order valence-electron chi connectivity index (χ3n) is 7.48. The molecule has 2 fully saturated rings. The van der Waals surface area contributed by atoms with Gasteiger partial charge in [0.15, 0.2) is 0 Å². The maximum Gasteiger partial charge on any atom is 0.238 e. The molecule has 168 valence electrons. The first-order valence-electron chi connectivity index (χ1n) is 11.6. The molecule has 2 aliphatic carbocycles. The lowest BCUT2D eigenvalue weighted by Gasteiger charge is -2.22. The van der Waals surface area contributed by atoms with Gasteiger partial charge in [0.25, 0.3) is 0 Å². The number of aryl methyl sites for hydroxylation is 2. The number of benzene rings is 3. The molecule has 34 heavy (non-hydrogen) atoms. The molecule has 3 aromatic rings. The van der Waals surface area contributed by atoms with Crippen molar-refractivity contribution in [2.75, 3.05) is 4.90 Å². The number of nitrogens with zero attached hydrogens (tertiary/aromatic N) is 1. The molecule has 0 aromatic heterocycles. The third kappa shape index (κ3) is 3.08. The van der Waals surface area contributed by atoms with E-state index in [1.54, 1.807) is 0 Å². The normalized spacial score (nSPS) is 24.8. The van der Waals surface area contributed by atoms with Crippen molar-refractivity contribution in [3.8, 4) is 0 Å². The predicted molar refractivity (Wildman–Crippen MR) is 138 cm³/mol. The van der Waals surface area contributed by atoms with Crippen LogP contribution in [0.25, 0.3) is 5.57 Å². The van der Waals surface area contributed by atoms with E-state index in [-0.39, 0.29) is 35.5 Å². The van der Waals surface area contributed by atoms with Crippen molar-refractivity contribution in [3.05, 3.63) is 117 Å². The minimum atomic E-state index is -0.351. The van der Waals surface area contributed by atoms with Crippen LogP contribution >= 0.6 is 15.9 Å². The molecule has 0 N–H and O–H groups in total. The number of carbonyl (C=O) groups is 2. The van der Waals surface area contributed by atoms with E-state index < -0.39 is 0 Å². The first-order valence-corrected chi connectivity index (χ1v) is 12.4. The second-order valence-corrected chi connectivity index (χ2v) is 10.4. The van der Waals surface area contributed by atoms with E-state index in [9.17, 15) is 9.59 Å². The van der Waals surface area contributed by atoms with E-state index in [0.29, 0.717) is 5.69 Å². The molecule has 3 aromatic carbocycles. The average molecular weight is 510 g/mol. The molecule has 4 heteroatoms. The summed E-state index contributed by atoms with van der Waals surface area (Å²) in [7, 11) is 0. The molecule has 0 unspecified atom stereocenters. The zero-order chi connectivity index (χ0) is 23.6. The third-order valence-corrected chi connectivity index (χ3v) is 8.15. The van der Waals surface area contributed by atoms with Gasteiger partial charge in [0.05, 0.1) is 17.5 Å². The first-order chi connectivity index (χ1) is 16.5. The number of rotatable bonds is 3. The van der Waals surface area contributed by atoms with Gasteiger partial charge >= 0.3 is 0 Å². The van der Waals surface area contributed by atoms with Crippen LogP contribution in [0.15, 0.2) is 95.0 Å². The van der Waals surface area contributed by atoms with Crippen LogP contribution in [-0.2, 0) is 9.59 Å². The van der Waals surface area contributed by atoms with Gasteiger partial charge in [0.1, 0.15) is 0 Å². The highest BCUT2D eigenvalue weighted by molar-refractivity contribution is 9.10. The molecular weight excluding hydrogens is 486 g/mol. The molecule has 1 heterocycles. The van der Waals surface area contributed by atoms with Gasteiger partial charge in [0, 0.05) is 16.3 Å². The standard InChI is InChI=1S/C30H24BrNO2/c1-17-7-11-19(12-8-17)25(20-13-9-18(2)10-14-20)26-21-15-16-22(26)28-27(21)29(33)32(30(28)34)24-6-4-3-5-23(24)31/h3-16,21-22,27-28H,1-2H3/t21-,22-,27+,28+/m1/s1. The molecule has 0 spiro atoms. The van der Waals surface area contributed by atoms with E-state index in [1.807, 2.05) is 24.3 Å².